The zero-order valence-electron chi connectivity index (χ0n) is 18.8. The van der Waals surface area contributed by atoms with Gasteiger partial charge >= 0.3 is 0 Å². The second-order valence-electron chi connectivity index (χ2n) is 7.95. The van der Waals surface area contributed by atoms with Crippen molar-refractivity contribution in [3.63, 3.8) is 0 Å². The smallest absolute Gasteiger partial charge is 0.222 e. The molecule has 2 fully saturated rings. The standard InChI is InChI=1S/C23H37N5O2/c1-4-19(28-14-6-7-22(28)29)12-13-25-23(24-5-2)27-17-15-26(16-18-27)20-8-10-21(30-3)11-9-20/h8-11,19H,4-7,12-18H2,1-3H3,(H,24,25). The lowest BCUT2D eigenvalue weighted by molar-refractivity contribution is -0.129. The van der Waals surface area contributed by atoms with Gasteiger partial charge in [-0.1, -0.05) is 6.92 Å². The van der Waals surface area contributed by atoms with Gasteiger partial charge in [0, 0.05) is 64.0 Å². The first kappa shape index (κ1) is 22.2. The number of aliphatic imine (C=N–C) groups is 1. The predicted molar refractivity (Wildman–Crippen MR) is 122 cm³/mol. The number of hydrogen-bond acceptors (Lipinski definition) is 4. The Kier molecular flexibility index (Phi) is 8.22. The van der Waals surface area contributed by atoms with Gasteiger partial charge in [0.25, 0.3) is 0 Å². The maximum absolute atomic E-state index is 12.1. The topological polar surface area (TPSA) is 60.4 Å². The van der Waals surface area contributed by atoms with Gasteiger partial charge in [0.2, 0.25) is 5.91 Å². The number of piperazine rings is 1. The summed E-state index contributed by atoms with van der Waals surface area (Å²) in [5.74, 6) is 2.20. The molecule has 2 aliphatic rings. The average molecular weight is 416 g/mol. The lowest BCUT2D eigenvalue weighted by Crippen LogP contribution is -2.52. The summed E-state index contributed by atoms with van der Waals surface area (Å²) in [5, 5.41) is 3.45. The van der Waals surface area contributed by atoms with E-state index in [2.05, 4.69) is 46.0 Å². The van der Waals surface area contributed by atoms with Crippen LogP contribution in [0.1, 0.15) is 39.5 Å². The Balaban J connectivity index is 1.53. The number of nitrogens with zero attached hydrogens (tertiary/aromatic N) is 4. The number of methoxy groups -OCH3 is 1. The highest BCUT2D eigenvalue weighted by Crippen LogP contribution is 2.21. The van der Waals surface area contributed by atoms with E-state index < -0.39 is 0 Å². The Morgan fingerprint density at radius 2 is 1.87 bits per heavy atom. The van der Waals surface area contributed by atoms with Crippen molar-refractivity contribution in [2.45, 2.75) is 45.6 Å². The summed E-state index contributed by atoms with van der Waals surface area (Å²) in [6.07, 6.45) is 3.64. The molecule has 2 heterocycles. The summed E-state index contributed by atoms with van der Waals surface area (Å²) in [7, 11) is 1.70. The molecule has 0 saturated carbocycles. The van der Waals surface area contributed by atoms with Crippen LogP contribution < -0.4 is 15.0 Å². The van der Waals surface area contributed by atoms with E-state index in [-0.39, 0.29) is 0 Å². The second kappa shape index (κ2) is 11.1. The molecule has 1 unspecified atom stereocenters. The molecule has 1 aromatic rings. The molecule has 0 bridgehead atoms. The molecule has 30 heavy (non-hydrogen) atoms. The first-order valence-corrected chi connectivity index (χ1v) is 11.4. The van der Waals surface area contributed by atoms with Crippen LogP contribution in [0.5, 0.6) is 5.75 Å². The van der Waals surface area contributed by atoms with Crippen molar-refractivity contribution >= 4 is 17.6 Å². The zero-order chi connectivity index (χ0) is 21.3. The fourth-order valence-corrected chi connectivity index (χ4v) is 4.35. The molecule has 1 N–H and O–H groups in total. The van der Waals surface area contributed by atoms with Crippen LogP contribution in [0.3, 0.4) is 0 Å². The number of carbonyl (C=O) groups is 1. The van der Waals surface area contributed by atoms with Crippen molar-refractivity contribution in [2.75, 3.05) is 57.8 Å². The van der Waals surface area contributed by atoms with Crippen LogP contribution in [0.2, 0.25) is 0 Å². The lowest BCUT2D eigenvalue weighted by atomic mass is 10.1. The third-order valence-electron chi connectivity index (χ3n) is 6.10. The molecule has 1 atom stereocenters. The predicted octanol–water partition coefficient (Wildman–Crippen LogP) is 2.57. The SMILES string of the molecule is CCNC(=NCCC(CC)N1CCCC1=O)N1CCN(c2ccc(OC)cc2)CC1. The van der Waals surface area contributed by atoms with Crippen molar-refractivity contribution in [1.29, 1.82) is 0 Å². The molecule has 7 nitrogen and oxygen atoms in total. The van der Waals surface area contributed by atoms with Crippen molar-refractivity contribution in [2.24, 2.45) is 4.99 Å². The van der Waals surface area contributed by atoms with Gasteiger partial charge in [0.15, 0.2) is 5.96 Å². The highest BCUT2D eigenvalue weighted by atomic mass is 16.5. The number of carbonyl (C=O) groups excluding carboxylic acids is 1. The Morgan fingerprint density at radius 3 is 2.43 bits per heavy atom. The fourth-order valence-electron chi connectivity index (χ4n) is 4.35. The molecule has 2 aliphatic heterocycles. The number of nitrogens with one attached hydrogen (secondary N) is 1. The maximum Gasteiger partial charge on any atom is 0.222 e. The van der Waals surface area contributed by atoms with Crippen LogP contribution in [0.25, 0.3) is 0 Å². The number of amides is 1. The number of rotatable bonds is 8. The minimum absolute atomic E-state index is 0.312. The van der Waals surface area contributed by atoms with E-state index in [1.54, 1.807) is 7.11 Å². The molecule has 0 spiro atoms. The summed E-state index contributed by atoms with van der Waals surface area (Å²) in [5.41, 5.74) is 1.23. The molecule has 166 valence electrons. The van der Waals surface area contributed by atoms with Crippen LogP contribution in [0, 0.1) is 0 Å². The van der Waals surface area contributed by atoms with E-state index in [0.717, 1.165) is 76.8 Å². The minimum Gasteiger partial charge on any atom is -0.497 e. The average Bonchev–Trinajstić information content (AvgIpc) is 3.22. The van der Waals surface area contributed by atoms with Gasteiger partial charge in [0.05, 0.1) is 7.11 Å². The Morgan fingerprint density at radius 1 is 1.13 bits per heavy atom. The Hall–Kier alpha value is -2.44. The number of anilines is 1. The molecule has 1 aromatic carbocycles. The van der Waals surface area contributed by atoms with Crippen LogP contribution in [-0.2, 0) is 4.79 Å². The van der Waals surface area contributed by atoms with E-state index in [0.29, 0.717) is 18.4 Å². The van der Waals surface area contributed by atoms with Gasteiger partial charge in [-0.3, -0.25) is 9.79 Å². The first-order valence-electron chi connectivity index (χ1n) is 11.4. The van der Waals surface area contributed by atoms with E-state index in [4.69, 9.17) is 9.73 Å². The third-order valence-corrected chi connectivity index (χ3v) is 6.10. The number of likely N-dealkylation sites (tertiary alicyclic amines) is 1. The highest BCUT2D eigenvalue weighted by Gasteiger charge is 2.26. The van der Waals surface area contributed by atoms with Gasteiger partial charge in [-0.2, -0.15) is 0 Å². The third kappa shape index (κ3) is 5.58. The van der Waals surface area contributed by atoms with Crippen LogP contribution >= 0.6 is 0 Å². The van der Waals surface area contributed by atoms with Crippen molar-refractivity contribution < 1.29 is 9.53 Å². The molecule has 0 aliphatic carbocycles. The molecular weight excluding hydrogens is 378 g/mol. The largest absolute Gasteiger partial charge is 0.497 e. The molecule has 7 heteroatoms. The molecule has 2 saturated heterocycles. The van der Waals surface area contributed by atoms with Crippen molar-refractivity contribution in [1.82, 2.24) is 15.1 Å². The lowest BCUT2D eigenvalue weighted by Gasteiger charge is -2.37. The number of benzene rings is 1. The number of guanidine groups is 1. The van der Waals surface area contributed by atoms with Gasteiger partial charge in [-0.05, 0) is 50.5 Å². The number of ether oxygens (including phenoxy) is 1. The summed E-state index contributed by atoms with van der Waals surface area (Å²) in [4.78, 5) is 23.8. The quantitative estimate of drug-likeness (QED) is 0.522. The van der Waals surface area contributed by atoms with Crippen molar-refractivity contribution in [3.8, 4) is 5.75 Å². The summed E-state index contributed by atoms with van der Waals surface area (Å²) < 4.78 is 5.26. The second-order valence-corrected chi connectivity index (χ2v) is 7.95. The monoisotopic (exact) mass is 415 g/mol. The van der Waals surface area contributed by atoms with Gasteiger partial charge < -0.3 is 24.8 Å². The minimum atomic E-state index is 0.312. The normalized spacial score (nSPS) is 18.7. The van der Waals surface area contributed by atoms with Crippen LogP contribution in [-0.4, -0.2) is 80.6 Å². The molecule has 3 rings (SSSR count). The Labute approximate surface area is 181 Å². The van der Waals surface area contributed by atoms with E-state index in [9.17, 15) is 4.79 Å². The summed E-state index contributed by atoms with van der Waals surface area (Å²) in [6, 6.07) is 8.60. The van der Waals surface area contributed by atoms with Crippen LogP contribution in [0.4, 0.5) is 5.69 Å². The summed E-state index contributed by atoms with van der Waals surface area (Å²) in [6.45, 7) is 10.6. The van der Waals surface area contributed by atoms with E-state index in [1.165, 1.54) is 5.69 Å². The fraction of sp³-hybridized carbons (Fsp3) is 0.652. The van der Waals surface area contributed by atoms with Crippen molar-refractivity contribution in [3.05, 3.63) is 24.3 Å². The molecule has 1 amide bonds. The Bertz CT molecular complexity index is 698. The van der Waals surface area contributed by atoms with Crippen LogP contribution in [0.15, 0.2) is 29.3 Å². The summed E-state index contributed by atoms with van der Waals surface area (Å²) >= 11 is 0. The first-order chi connectivity index (χ1) is 14.7. The van der Waals surface area contributed by atoms with E-state index >= 15 is 0 Å². The van der Waals surface area contributed by atoms with Gasteiger partial charge in [-0.25, -0.2) is 0 Å². The van der Waals surface area contributed by atoms with Gasteiger partial charge in [0.1, 0.15) is 5.75 Å². The molecule has 0 aromatic heterocycles. The maximum atomic E-state index is 12.1. The van der Waals surface area contributed by atoms with Gasteiger partial charge in [-0.15, -0.1) is 0 Å². The van der Waals surface area contributed by atoms with E-state index in [1.807, 2.05) is 12.1 Å². The zero-order valence-corrected chi connectivity index (χ0v) is 18.8. The number of hydrogen-bond donors (Lipinski definition) is 1. The molecule has 0 radical (unpaired) electrons. The highest BCUT2D eigenvalue weighted by molar-refractivity contribution is 5.80. The molecular formula is C23H37N5O2.